The van der Waals surface area contributed by atoms with Crippen molar-refractivity contribution in [3.63, 3.8) is 0 Å². The predicted molar refractivity (Wildman–Crippen MR) is 55.9 cm³/mol. The number of hydrogen-bond acceptors (Lipinski definition) is 4. The van der Waals surface area contributed by atoms with Gasteiger partial charge in [0.25, 0.3) is 0 Å². The first kappa shape index (κ1) is 11.9. The van der Waals surface area contributed by atoms with Crippen LogP contribution in [0.1, 0.15) is 20.3 Å². The molecule has 0 aromatic rings. The summed E-state index contributed by atoms with van der Waals surface area (Å²) in [5.74, 6) is 0.540. The van der Waals surface area contributed by atoms with Gasteiger partial charge in [0.1, 0.15) is 0 Å². The molecule has 1 rings (SSSR count). The second-order valence-corrected chi connectivity index (χ2v) is 7.03. The zero-order valence-corrected chi connectivity index (χ0v) is 9.60. The summed E-state index contributed by atoms with van der Waals surface area (Å²) in [7, 11) is -2.79. The van der Waals surface area contributed by atoms with Crippen LogP contribution in [-0.4, -0.2) is 44.2 Å². The van der Waals surface area contributed by atoms with Gasteiger partial charge in [-0.05, 0) is 6.42 Å². The second-order valence-electron chi connectivity index (χ2n) is 4.80. The standard InChI is InChI=1S/C9H19NO3S/c1-9(2,7-11)6-10-8-3-4-14(12,13)5-8/h8,10-11H,3-7H2,1-2H3. The van der Waals surface area contributed by atoms with E-state index in [2.05, 4.69) is 5.32 Å². The molecule has 1 saturated heterocycles. The van der Waals surface area contributed by atoms with Crippen molar-refractivity contribution in [3.05, 3.63) is 0 Å². The molecule has 1 aliphatic heterocycles. The van der Waals surface area contributed by atoms with Gasteiger partial charge in [0.15, 0.2) is 9.84 Å². The summed E-state index contributed by atoms with van der Waals surface area (Å²) in [4.78, 5) is 0. The van der Waals surface area contributed by atoms with Crippen LogP contribution in [0.15, 0.2) is 0 Å². The van der Waals surface area contributed by atoms with E-state index >= 15 is 0 Å². The Morgan fingerprint density at radius 3 is 2.57 bits per heavy atom. The summed E-state index contributed by atoms with van der Waals surface area (Å²) in [6.07, 6.45) is 0.698. The maximum atomic E-state index is 11.1. The van der Waals surface area contributed by atoms with Crippen molar-refractivity contribution < 1.29 is 13.5 Å². The second kappa shape index (κ2) is 4.16. The van der Waals surface area contributed by atoms with Crippen LogP contribution in [0.3, 0.4) is 0 Å². The van der Waals surface area contributed by atoms with Crippen LogP contribution in [0.5, 0.6) is 0 Å². The number of hydrogen-bond donors (Lipinski definition) is 2. The van der Waals surface area contributed by atoms with E-state index < -0.39 is 9.84 Å². The fraction of sp³-hybridized carbons (Fsp3) is 1.00. The Morgan fingerprint density at radius 1 is 1.50 bits per heavy atom. The fourth-order valence-corrected chi connectivity index (χ4v) is 3.14. The number of nitrogens with one attached hydrogen (secondary N) is 1. The van der Waals surface area contributed by atoms with Crippen molar-refractivity contribution in [3.8, 4) is 0 Å². The Bertz CT molecular complexity index is 284. The predicted octanol–water partition coefficient (Wildman–Crippen LogP) is -0.218. The molecule has 2 N–H and O–H groups in total. The Hall–Kier alpha value is -0.130. The summed E-state index contributed by atoms with van der Waals surface area (Å²) < 4.78 is 22.3. The lowest BCUT2D eigenvalue weighted by molar-refractivity contribution is 0.154. The lowest BCUT2D eigenvalue weighted by atomic mass is 9.94. The molecule has 1 fully saturated rings. The maximum absolute atomic E-state index is 11.1. The van der Waals surface area contributed by atoms with E-state index in [4.69, 9.17) is 5.11 Å². The van der Waals surface area contributed by atoms with E-state index in [9.17, 15) is 8.42 Å². The van der Waals surface area contributed by atoms with Gasteiger partial charge in [0.05, 0.1) is 11.5 Å². The molecule has 0 radical (unpaired) electrons. The van der Waals surface area contributed by atoms with Gasteiger partial charge >= 0.3 is 0 Å². The molecule has 1 atom stereocenters. The van der Waals surface area contributed by atoms with Crippen molar-refractivity contribution in [1.29, 1.82) is 0 Å². The van der Waals surface area contributed by atoms with Crippen LogP contribution in [0.4, 0.5) is 0 Å². The Labute approximate surface area is 85.6 Å². The van der Waals surface area contributed by atoms with E-state index in [1.807, 2.05) is 13.8 Å². The van der Waals surface area contributed by atoms with Crippen LogP contribution >= 0.6 is 0 Å². The van der Waals surface area contributed by atoms with Crippen LogP contribution in [-0.2, 0) is 9.84 Å². The number of aliphatic hydroxyl groups excluding tert-OH is 1. The smallest absolute Gasteiger partial charge is 0.151 e. The largest absolute Gasteiger partial charge is 0.396 e. The molecule has 1 aliphatic rings. The average molecular weight is 221 g/mol. The van der Waals surface area contributed by atoms with Gasteiger partial charge in [-0.25, -0.2) is 8.42 Å². The van der Waals surface area contributed by atoms with Gasteiger partial charge in [-0.1, -0.05) is 13.8 Å². The molecular formula is C9H19NO3S. The fourth-order valence-electron chi connectivity index (χ4n) is 1.43. The molecule has 0 aromatic heterocycles. The Morgan fingerprint density at radius 2 is 2.14 bits per heavy atom. The normalized spacial score (nSPS) is 26.6. The highest BCUT2D eigenvalue weighted by molar-refractivity contribution is 7.91. The van der Waals surface area contributed by atoms with Crippen LogP contribution in [0.2, 0.25) is 0 Å². The van der Waals surface area contributed by atoms with Crippen molar-refractivity contribution in [1.82, 2.24) is 5.32 Å². The third kappa shape index (κ3) is 3.55. The SMILES string of the molecule is CC(C)(CO)CNC1CCS(=O)(=O)C1. The van der Waals surface area contributed by atoms with Gasteiger partial charge in [0.2, 0.25) is 0 Å². The molecule has 0 spiro atoms. The minimum Gasteiger partial charge on any atom is -0.396 e. The average Bonchev–Trinajstić information content (AvgIpc) is 2.43. The Kier molecular flexibility index (Phi) is 3.55. The summed E-state index contributed by atoms with van der Waals surface area (Å²) in [5.41, 5.74) is -0.174. The molecule has 0 aromatic carbocycles. The molecule has 0 saturated carbocycles. The Balaban J connectivity index is 2.34. The summed E-state index contributed by atoms with van der Waals surface area (Å²) in [5, 5.41) is 12.2. The lowest BCUT2D eigenvalue weighted by Gasteiger charge is -2.24. The van der Waals surface area contributed by atoms with Crippen LogP contribution in [0.25, 0.3) is 0 Å². The van der Waals surface area contributed by atoms with Crippen molar-refractivity contribution in [2.45, 2.75) is 26.3 Å². The van der Waals surface area contributed by atoms with E-state index in [-0.39, 0.29) is 23.8 Å². The van der Waals surface area contributed by atoms with Crippen molar-refractivity contribution >= 4 is 9.84 Å². The highest BCUT2D eigenvalue weighted by Gasteiger charge is 2.28. The molecule has 0 amide bonds. The summed E-state index contributed by atoms with van der Waals surface area (Å²) in [6, 6.07) is 0.0748. The summed E-state index contributed by atoms with van der Waals surface area (Å²) in [6.45, 7) is 4.66. The van der Waals surface area contributed by atoms with E-state index in [1.165, 1.54) is 0 Å². The monoisotopic (exact) mass is 221 g/mol. The highest BCUT2D eigenvalue weighted by atomic mass is 32.2. The van der Waals surface area contributed by atoms with Gasteiger partial charge < -0.3 is 10.4 Å². The molecule has 0 bridgehead atoms. The first-order chi connectivity index (χ1) is 6.35. The molecule has 5 heteroatoms. The number of aliphatic hydroxyl groups is 1. The zero-order valence-electron chi connectivity index (χ0n) is 8.78. The van der Waals surface area contributed by atoms with Gasteiger partial charge in [-0.2, -0.15) is 0 Å². The van der Waals surface area contributed by atoms with Gasteiger partial charge in [0, 0.05) is 24.6 Å². The molecule has 0 aliphatic carbocycles. The minimum absolute atomic E-state index is 0.0748. The quantitative estimate of drug-likeness (QED) is 0.689. The number of sulfone groups is 1. The van der Waals surface area contributed by atoms with E-state index in [1.54, 1.807) is 0 Å². The lowest BCUT2D eigenvalue weighted by Crippen LogP contribution is -2.39. The van der Waals surface area contributed by atoms with Crippen molar-refractivity contribution in [2.75, 3.05) is 24.7 Å². The minimum atomic E-state index is -2.79. The third-order valence-corrected chi connectivity index (χ3v) is 4.30. The zero-order chi connectivity index (χ0) is 10.8. The number of rotatable bonds is 4. The summed E-state index contributed by atoms with van der Waals surface area (Å²) >= 11 is 0. The molecule has 1 unspecified atom stereocenters. The first-order valence-corrected chi connectivity index (χ1v) is 6.71. The van der Waals surface area contributed by atoms with E-state index in [0.29, 0.717) is 18.7 Å². The molecule has 4 nitrogen and oxygen atoms in total. The van der Waals surface area contributed by atoms with Crippen LogP contribution < -0.4 is 5.32 Å². The molecular weight excluding hydrogens is 202 g/mol. The van der Waals surface area contributed by atoms with Crippen molar-refractivity contribution in [2.24, 2.45) is 5.41 Å². The van der Waals surface area contributed by atoms with Gasteiger partial charge in [-0.15, -0.1) is 0 Å². The molecule has 14 heavy (non-hydrogen) atoms. The highest BCUT2D eigenvalue weighted by Crippen LogP contribution is 2.15. The topological polar surface area (TPSA) is 66.4 Å². The first-order valence-electron chi connectivity index (χ1n) is 4.89. The van der Waals surface area contributed by atoms with Gasteiger partial charge in [-0.3, -0.25) is 0 Å². The molecule has 84 valence electrons. The van der Waals surface area contributed by atoms with Crippen LogP contribution in [0, 0.1) is 5.41 Å². The maximum Gasteiger partial charge on any atom is 0.151 e. The third-order valence-electron chi connectivity index (χ3n) is 2.53. The molecule has 1 heterocycles. The van der Waals surface area contributed by atoms with E-state index in [0.717, 1.165) is 0 Å².